The van der Waals surface area contributed by atoms with Crippen LogP contribution in [0.5, 0.6) is 0 Å². The summed E-state index contributed by atoms with van der Waals surface area (Å²) in [6, 6.07) is 0.617. The van der Waals surface area contributed by atoms with Gasteiger partial charge in [0.25, 0.3) is 0 Å². The molecule has 3 heterocycles. The highest BCUT2D eigenvalue weighted by molar-refractivity contribution is 5.80. The molecule has 3 rings (SSSR count). The molecule has 2 aliphatic rings. The fourth-order valence-corrected chi connectivity index (χ4v) is 2.93. The molecule has 21 heavy (non-hydrogen) atoms. The van der Waals surface area contributed by atoms with Crippen LogP contribution in [0.2, 0.25) is 0 Å². The SMILES string of the molecule is CN=C(NCc1noc(C)n1)N1CCC(N2CC=CC2)C1. The van der Waals surface area contributed by atoms with Crippen molar-refractivity contribution in [2.75, 3.05) is 33.2 Å². The van der Waals surface area contributed by atoms with Crippen molar-refractivity contribution in [3.05, 3.63) is 23.9 Å². The smallest absolute Gasteiger partial charge is 0.223 e. The van der Waals surface area contributed by atoms with Crippen molar-refractivity contribution in [2.24, 2.45) is 4.99 Å². The standard InChI is InChI=1S/C14H22N6O/c1-11-17-13(18-21-11)9-16-14(15-2)20-8-5-12(10-20)19-6-3-4-7-19/h3-4,12H,5-10H2,1-2H3,(H,15,16). The van der Waals surface area contributed by atoms with Crippen molar-refractivity contribution >= 4 is 5.96 Å². The fourth-order valence-electron chi connectivity index (χ4n) is 2.93. The second kappa shape index (κ2) is 6.26. The van der Waals surface area contributed by atoms with Gasteiger partial charge in [0.05, 0.1) is 6.54 Å². The van der Waals surface area contributed by atoms with Crippen LogP contribution in [0.25, 0.3) is 0 Å². The lowest BCUT2D eigenvalue weighted by Gasteiger charge is -2.25. The Bertz CT molecular complexity index is 529. The maximum absolute atomic E-state index is 4.97. The number of aromatic nitrogens is 2. The van der Waals surface area contributed by atoms with Gasteiger partial charge in [-0.05, 0) is 6.42 Å². The highest BCUT2D eigenvalue weighted by atomic mass is 16.5. The number of hydrogen-bond acceptors (Lipinski definition) is 5. The summed E-state index contributed by atoms with van der Waals surface area (Å²) in [5, 5.41) is 7.20. The van der Waals surface area contributed by atoms with Crippen molar-refractivity contribution in [1.29, 1.82) is 0 Å². The Balaban J connectivity index is 1.52. The van der Waals surface area contributed by atoms with Crippen LogP contribution in [-0.2, 0) is 6.54 Å². The van der Waals surface area contributed by atoms with Crippen molar-refractivity contribution < 1.29 is 4.52 Å². The van der Waals surface area contributed by atoms with Crippen molar-refractivity contribution in [3.8, 4) is 0 Å². The van der Waals surface area contributed by atoms with E-state index in [1.807, 2.05) is 7.05 Å². The Morgan fingerprint density at radius 2 is 2.29 bits per heavy atom. The summed E-state index contributed by atoms with van der Waals surface area (Å²) in [4.78, 5) is 13.4. The van der Waals surface area contributed by atoms with Crippen LogP contribution in [0.15, 0.2) is 21.7 Å². The number of aliphatic imine (C=N–C) groups is 1. The van der Waals surface area contributed by atoms with Crippen molar-refractivity contribution in [2.45, 2.75) is 25.9 Å². The van der Waals surface area contributed by atoms with E-state index in [0.717, 1.165) is 32.1 Å². The minimum Gasteiger partial charge on any atom is -0.349 e. The number of hydrogen-bond donors (Lipinski definition) is 1. The average Bonchev–Trinajstić information content (AvgIpc) is 3.19. The molecule has 2 aliphatic heterocycles. The molecule has 1 saturated heterocycles. The molecule has 1 N–H and O–H groups in total. The van der Waals surface area contributed by atoms with E-state index >= 15 is 0 Å². The van der Waals surface area contributed by atoms with E-state index in [0.29, 0.717) is 24.3 Å². The van der Waals surface area contributed by atoms with Crippen LogP contribution in [-0.4, -0.2) is 65.2 Å². The summed E-state index contributed by atoms with van der Waals surface area (Å²) in [7, 11) is 1.81. The average molecular weight is 290 g/mol. The molecule has 7 nitrogen and oxygen atoms in total. The third-order valence-electron chi connectivity index (χ3n) is 4.01. The topological polar surface area (TPSA) is 69.8 Å². The van der Waals surface area contributed by atoms with Gasteiger partial charge < -0.3 is 14.7 Å². The van der Waals surface area contributed by atoms with Gasteiger partial charge in [0.1, 0.15) is 0 Å². The number of guanidine groups is 1. The normalized spacial score (nSPS) is 23.2. The first-order chi connectivity index (χ1) is 10.3. The Hall–Kier alpha value is -1.89. The lowest BCUT2D eigenvalue weighted by Crippen LogP contribution is -2.42. The Kier molecular flexibility index (Phi) is 4.19. The summed E-state index contributed by atoms with van der Waals surface area (Å²) in [6.45, 7) is 6.54. The minimum atomic E-state index is 0.538. The zero-order chi connectivity index (χ0) is 14.7. The minimum absolute atomic E-state index is 0.538. The van der Waals surface area contributed by atoms with Gasteiger partial charge in [-0.2, -0.15) is 4.98 Å². The fraction of sp³-hybridized carbons (Fsp3) is 0.643. The maximum Gasteiger partial charge on any atom is 0.223 e. The molecule has 1 atom stereocenters. The van der Waals surface area contributed by atoms with Gasteiger partial charge in [-0.25, -0.2) is 0 Å². The van der Waals surface area contributed by atoms with E-state index in [-0.39, 0.29) is 0 Å². The van der Waals surface area contributed by atoms with Gasteiger partial charge in [-0.1, -0.05) is 17.3 Å². The Labute approximate surface area is 124 Å². The monoisotopic (exact) mass is 290 g/mol. The first-order valence-electron chi connectivity index (χ1n) is 7.40. The lowest BCUT2D eigenvalue weighted by atomic mass is 10.2. The summed E-state index contributed by atoms with van der Waals surface area (Å²) >= 11 is 0. The molecule has 1 fully saturated rings. The van der Waals surface area contributed by atoms with Crippen LogP contribution in [0.4, 0.5) is 0 Å². The molecular weight excluding hydrogens is 268 g/mol. The molecule has 0 spiro atoms. The van der Waals surface area contributed by atoms with Gasteiger partial charge in [-0.15, -0.1) is 0 Å². The third kappa shape index (κ3) is 3.24. The molecular formula is C14H22N6O. The third-order valence-corrected chi connectivity index (χ3v) is 4.01. The van der Waals surface area contributed by atoms with Crippen LogP contribution >= 0.6 is 0 Å². The highest BCUT2D eigenvalue weighted by Gasteiger charge is 2.29. The van der Waals surface area contributed by atoms with Crippen molar-refractivity contribution in [1.82, 2.24) is 25.3 Å². The van der Waals surface area contributed by atoms with Gasteiger partial charge in [0.2, 0.25) is 5.89 Å². The highest BCUT2D eigenvalue weighted by Crippen LogP contribution is 2.17. The van der Waals surface area contributed by atoms with E-state index in [4.69, 9.17) is 4.52 Å². The summed E-state index contributed by atoms with van der Waals surface area (Å²) < 4.78 is 4.97. The van der Waals surface area contributed by atoms with Crippen LogP contribution in [0.3, 0.4) is 0 Å². The zero-order valence-electron chi connectivity index (χ0n) is 12.6. The maximum atomic E-state index is 4.97. The Morgan fingerprint density at radius 3 is 2.95 bits per heavy atom. The van der Waals surface area contributed by atoms with Crippen molar-refractivity contribution in [3.63, 3.8) is 0 Å². The number of aryl methyl sites for hydroxylation is 1. The largest absolute Gasteiger partial charge is 0.349 e. The van der Waals surface area contributed by atoms with E-state index in [1.54, 1.807) is 6.92 Å². The van der Waals surface area contributed by atoms with Gasteiger partial charge in [0, 0.05) is 46.2 Å². The van der Waals surface area contributed by atoms with Crippen LogP contribution < -0.4 is 5.32 Å². The Morgan fingerprint density at radius 1 is 1.48 bits per heavy atom. The second-order valence-electron chi connectivity index (χ2n) is 5.44. The molecule has 1 aromatic heterocycles. The first kappa shape index (κ1) is 14.1. The molecule has 7 heteroatoms. The molecule has 0 aromatic carbocycles. The van der Waals surface area contributed by atoms with E-state index < -0.39 is 0 Å². The molecule has 0 bridgehead atoms. The predicted molar refractivity (Wildman–Crippen MR) is 79.9 cm³/mol. The van der Waals surface area contributed by atoms with E-state index in [9.17, 15) is 0 Å². The van der Waals surface area contributed by atoms with E-state index in [2.05, 4.69) is 42.4 Å². The van der Waals surface area contributed by atoms with Gasteiger partial charge in [-0.3, -0.25) is 9.89 Å². The summed E-state index contributed by atoms with van der Waals surface area (Å²) in [5.41, 5.74) is 0. The number of likely N-dealkylation sites (tertiary alicyclic amines) is 1. The second-order valence-corrected chi connectivity index (χ2v) is 5.44. The first-order valence-corrected chi connectivity index (χ1v) is 7.40. The summed E-state index contributed by atoms with van der Waals surface area (Å²) in [5.74, 6) is 2.16. The lowest BCUT2D eigenvalue weighted by molar-refractivity contribution is 0.259. The molecule has 1 unspecified atom stereocenters. The number of rotatable bonds is 3. The molecule has 0 amide bonds. The van der Waals surface area contributed by atoms with Crippen LogP contribution in [0.1, 0.15) is 18.1 Å². The molecule has 0 aliphatic carbocycles. The van der Waals surface area contributed by atoms with Gasteiger partial charge >= 0.3 is 0 Å². The molecule has 114 valence electrons. The summed E-state index contributed by atoms with van der Waals surface area (Å²) in [6.07, 6.45) is 5.67. The number of nitrogens with zero attached hydrogens (tertiary/aromatic N) is 5. The molecule has 1 aromatic rings. The van der Waals surface area contributed by atoms with E-state index in [1.165, 1.54) is 6.42 Å². The van der Waals surface area contributed by atoms with Gasteiger partial charge in [0.15, 0.2) is 11.8 Å². The molecule has 0 saturated carbocycles. The van der Waals surface area contributed by atoms with Crippen LogP contribution in [0, 0.1) is 6.92 Å². The quantitative estimate of drug-likeness (QED) is 0.494. The predicted octanol–water partition coefficient (Wildman–Crippen LogP) is 0.400. The molecule has 0 radical (unpaired) electrons. The zero-order valence-corrected chi connectivity index (χ0v) is 12.6. The number of nitrogens with one attached hydrogen (secondary N) is 1.